The van der Waals surface area contributed by atoms with Crippen LogP contribution in [0.25, 0.3) is 11.4 Å². The molecule has 1 heterocycles. The molecule has 0 saturated carbocycles. The number of ether oxygens (including phenoxy) is 3. The predicted molar refractivity (Wildman–Crippen MR) is 151 cm³/mol. The van der Waals surface area contributed by atoms with Gasteiger partial charge in [0.15, 0.2) is 11.6 Å². The number of hydrogen-bond donors (Lipinski definition) is 0. The minimum absolute atomic E-state index is 0.702. The van der Waals surface area contributed by atoms with Crippen molar-refractivity contribution >= 4 is 0 Å². The Kier molecular flexibility index (Phi) is 14.0. The van der Waals surface area contributed by atoms with Crippen LogP contribution in [0, 0.1) is 0 Å². The molecule has 0 radical (unpaired) electrons. The summed E-state index contributed by atoms with van der Waals surface area (Å²) in [5, 5.41) is 0. The third kappa shape index (κ3) is 12.1. The van der Waals surface area contributed by atoms with Crippen LogP contribution in [0.1, 0.15) is 84.0 Å². The van der Waals surface area contributed by atoms with Gasteiger partial charge in [-0.1, -0.05) is 82.9 Å². The Morgan fingerprint density at radius 1 is 0.486 bits per heavy atom. The summed E-state index contributed by atoms with van der Waals surface area (Å²) in [6.07, 6.45) is 18.2. The molecule has 37 heavy (non-hydrogen) atoms. The molecule has 0 bridgehead atoms. The maximum Gasteiger partial charge on any atom is 0.159 e. The third-order valence-corrected chi connectivity index (χ3v) is 6.33. The molecule has 0 amide bonds. The predicted octanol–water partition coefficient (Wildman–Crippen LogP) is 8.68. The highest BCUT2D eigenvalue weighted by molar-refractivity contribution is 5.56. The third-order valence-electron chi connectivity index (χ3n) is 6.33. The number of hydrogen-bond acceptors (Lipinski definition) is 5. The maximum absolute atomic E-state index is 5.84. The Bertz CT molecular complexity index is 946. The molecule has 3 aromatic rings. The molecule has 0 fully saturated rings. The van der Waals surface area contributed by atoms with Gasteiger partial charge >= 0.3 is 0 Å². The van der Waals surface area contributed by atoms with Gasteiger partial charge in [0.1, 0.15) is 11.5 Å². The second-order valence-electron chi connectivity index (χ2n) is 9.51. The van der Waals surface area contributed by atoms with Gasteiger partial charge < -0.3 is 14.2 Å². The van der Waals surface area contributed by atoms with E-state index in [4.69, 9.17) is 14.2 Å². The van der Waals surface area contributed by atoms with Gasteiger partial charge in [-0.15, -0.1) is 0 Å². The Balaban J connectivity index is 1.16. The van der Waals surface area contributed by atoms with Crippen molar-refractivity contribution < 1.29 is 14.2 Å². The summed E-state index contributed by atoms with van der Waals surface area (Å²) in [6.45, 7) is 4.50. The van der Waals surface area contributed by atoms with E-state index >= 15 is 0 Å². The molecule has 1 aromatic heterocycles. The molecule has 0 aliphatic heterocycles. The van der Waals surface area contributed by atoms with Gasteiger partial charge in [-0.2, -0.15) is 0 Å². The molecule has 5 nitrogen and oxygen atoms in total. The van der Waals surface area contributed by atoms with E-state index in [1.165, 1.54) is 57.8 Å². The van der Waals surface area contributed by atoms with Crippen molar-refractivity contribution in [3.63, 3.8) is 0 Å². The topological polar surface area (TPSA) is 53.5 Å². The standard InChI is InChI=1S/C32H44N2O3/c1-2-3-14-23-36-30-21-19-28(20-22-30)32-33-26-31(27-34-32)37-25-16-10-8-6-4-5-7-9-15-24-35-29-17-12-11-13-18-29/h11-13,17-22,26-27H,2-10,14-16,23-25H2,1H3. The molecule has 0 atom stereocenters. The SMILES string of the molecule is CCCCCOc1ccc(-c2ncc(OCCCCCCCCCCCOc3ccccc3)cn2)cc1. The summed E-state index contributed by atoms with van der Waals surface area (Å²) in [5.74, 6) is 3.30. The molecule has 200 valence electrons. The van der Waals surface area contributed by atoms with Crippen molar-refractivity contribution in [2.24, 2.45) is 0 Å². The second kappa shape index (κ2) is 18.2. The zero-order valence-electron chi connectivity index (χ0n) is 22.6. The highest BCUT2D eigenvalue weighted by Gasteiger charge is 2.03. The molecule has 3 rings (SSSR count). The molecule has 0 saturated heterocycles. The smallest absolute Gasteiger partial charge is 0.159 e. The molecule has 0 unspecified atom stereocenters. The first-order valence-electron chi connectivity index (χ1n) is 14.2. The summed E-state index contributed by atoms with van der Waals surface area (Å²) in [4.78, 5) is 8.94. The molecule has 0 N–H and O–H groups in total. The number of nitrogens with zero attached hydrogens (tertiary/aromatic N) is 2. The summed E-state index contributed by atoms with van der Waals surface area (Å²) in [7, 11) is 0. The van der Waals surface area contributed by atoms with E-state index in [9.17, 15) is 0 Å². The number of aromatic nitrogens is 2. The lowest BCUT2D eigenvalue weighted by Gasteiger charge is -2.08. The van der Waals surface area contributed by atoms with Gasteiger partial charge in [0, 0.05) is 5.56 Å². The quantitative estimate of drug-likeness (QED) is 0.144. The molecular weight excluding hydrogens is 460 g/mol. The zero-order chi connectivity index (χ0) is 25.8. The van der Waals surface area contributed by atoms with Crippen LogP contribution in [0.2, 0.25) is 0 Å². The van der Waals surface area contributed by atoms with Crippen molar-refractivity contribution in [1.29, 1.82) is 0 Å². The Hall–Kier alpha value is -3.08. The van der Waals surface area contributed by atoms with Crippen molar-refractivity contribution in [1.82, 2.24) is 9.97 Å². The normalized spacial score (nSPS) is 10.8. The number of rotatable bonds is 20. The monoisotopic (exact) mass is 504 g/mol. The minimum Gasteiger partial charge on any atom is -0.494 e. The lowest BCUT2D eigenvalue weighted by molar-refractivity contribution is 0.301. The lowest BCUT2D eigenvalue weighted by atomic mass is 10.1. The molecule has 0 spiro atoms. The summed E-state index contributed by atoms with van der Waals surface area (Å²) >= 11 is 0. The molecule has 2 aromatic carbocycles. The Labute approximate surface area is 223 Å². The minimum atomic E-state index is 0.702. The number of unbranched alkanes of at least 4 members (excludes halogenated alkanes) is 10. The summed E-state index contributed by atoms with van der Waals surface area (Å²) in [5.41, 5.74) is 0.980. The van der Waals surface area contributed by atoms with Crippen LogP contribution >= 0.6 is 0 Å². The average Bonchev–Trinajstić information content (AvgIpc) is 2.95. The van der Waals surface area contributed by atoms with E-state index in [1.807, 2.05) is 54.6 Å². The first-order chi connectivity index (χ1) is 18.3. The van der Waals surface area contributed by atoms with Crippen LogP contribution < -0.4 is 14.2 Å². The number of para-hydroxylation sites is 1. The largest absolute Gasteiger partial charge is 0.494 e. The summed E-state index contributed by atoms with van der Waals surface area (Å²) < 4.78 is 17.4. The average molecular weight is 505 g/mol. The first kappa shape index (κ1) is 28.5. The fourth-order valence-electron chi connectivity index (χ4n) is 4.12. The zero-order valence-corrected chi connectivity index (χ0v) is 22.6. The summed E-state index contributed by atoms with van der Waals surface area (Å²) in [6, 6.07) is 18.1. The van der Waals surface area contributed by atoms with Crippen LogP contribution in [0.4, 0.5) is 0 Å². The van der Waals surface area contributed by atoms with Crippen LogP contribution in [-0.4, -0.2) is 29.8 Å². The maximum atomic E-state index is 5.84. The van der Waals surface area contributed by atoms with Gasteiger partial charge in [0.2, 0.25) is 0 Å². The van der Waals surface area contributed by atoms with Gasteiger partial charge in [-0.3, -0.25) is 0 Å². The van der Waals surface area contributed by atoms with Crippen molar-refractivity contribution in [3.8, 4) is 28.6 Å². The van der Waals surface area contributed by atoms with E-state index in [1.54, 1.807) is 12.4 Å². The van der Waals surface area contributed by atoms with Gasteiger partial charge in [-0.25, -0.2) is 9.97 Å². The molecule has 0 aliphatic rings. The van der Waals surface area contributed by atoms with Gasteiger partial charge in [0.05, 0.1) is 32.2 Å². The Morgan fingerprint density at radius 3 is 1.49 bits per heavy atom. The Morgan fingerprint density at radius 2 is 0.946 bits per heavy atom. The van der Waals surface area contributed by atoms with Crippen LogP contribution in [-0.2, 0) is 0 Å². The van der Waals surface area contributed by atoms with E-state index < -0.39 is 0 Å². The highest BCUT2D eigenvalue weighted by atomic mass is 16.5. The molecule has 0 aliphatic carbocycles. The van der Waals surface area contributed by atoms with E-state index in [0.29, 0.717) is 12.4 Å². The van der Waals surface area contributed by atoms with E-state index in [0.717, 1.165) is 55.3 Å². The molecular formula is C32H44N2O3. The van der Waals surface area contributed by atoms with Crippen LogP contribution in [0.5, 0.6) is 17.2 Å². The fraction of sp³-hybridized carbons (Fsp3) is 0.500. The number of benzene rings is 2. The van der Waals surface area contributed by atoms with Crippen molar-refractivity contribution in [3.05, 3.63) is 67.0 Å². The fourth-order valence-corrected chi connectivity index (χ4v) is 4.12. The molecule has 5 heteroatoms. The second-order valence-corrected chi connectivity index (χ2v) is 9.51. The van der Waals surface area contributed by atoms with Crippen molar-refractivity contribution in [2.45, 2.75) is 84.0 Å². The highest BCUT2D eigenvalue weighted by Crippen LogP contribution is 2.21. The van der Waals surface area contributed by atoms with E-state index in [-0.39, 0.29) is 0 Å². The van der Waals surface area contributed by atoms with Crippen LogP contribution in [0.15, 0.2) is 67.0 Å². The lowest BCUT2D eigenvalue weighted by Crippen LogP contribution is -1.99. The van der Waals surface area contributed by atoms with E-state index in [2.05, 4.69) is 16.9 Å². The van der Waals surface area contributed by atoms with Crippen molar-refractivity contribution in [2.75, 3.05) is 19.8 Å². The van der Waals surface area contributed by atoms with Crippen LogP contribution in [0.3, 0.4) is 0 Å². The van der Waals surface area contributed by atoms with Gasteiger partial charge in [0.25, 0.3) is 0 Å². The van der Waals surface area contributed by atoms with Gasteiger partial charge in [-0.05, 0) is 55.7 Å². The first-order valence-corrected chi connectivity index (χ1v) is 14.2.